The lowest BCUT2D eigenvalue weighted by Crippen LogP contribution is -2.38. The van der Waals surface area contributed by atoms with Crippen molar-refractivity contribution in [2.75, 3.05) is 13.6 Å². The normalized spacial score (nSPS) is 21.2. The molecular weight excluding hydrogens is 277 g/mol. The average Bonchev–Trinajstić information content (AvgIpc) is 2.95. The molecule has 0 spiro atoms. The Kier molecular flexibility index (Phi) is 4.90. The Bertz CT molecular complexity index is 517. The number of hydrogen-bond acceptors (Lipinski definition) is 3. The molecule has 1 aliphatic rings. The third-order valence-electron chi connectivity index (χ3n) is 3.60. The molecule has 6 heteroatoms. The number of nitrogens with zero attached hydrogens (tertiary/aromatic N) is 1. The molecule has 5 nitrogen and oxygen atoms in total. The average molecular weight is 295 g/mol. The van der Waals surface area contributed by atoms with Gasteiger partial charge in [-0.3, -0.25) is 4.79 Å². The van der Waals surface area contributed by atoms with Gasteiger partial charge in [-0.1, -0.05) is 12.1 Å². The minimum Gasteiger partial charge on any atom is -0.479 e. The molecule has 0 radical (unpaired) electrons. The highest BCUT2D eigenvalue weighted by atomic mass is 19.1. The van der Waals surface area contributed by atoms with Gasteiger partial charge in [0.25, 0.3) is 5.91 Å². The van der Waals surface area contributed by atoms with Crippen LogP contribution in [0, 0.1) is 5.82 Å². The van der Waals surface area contributed by atoms with Gasteiger partial charge in [-0.15, -0.1) is 0 Å². The number of rotatable bonds is 5. The first-order chi connectivity index (χ1) is 9.97. The second-order valence-electron chi connectivity index (χ2n) is 5.17. The number of ether oxygens (including phenoxy) is 1. The topological polar surface area (TPSA) is 66.8 Å². The summed E-state index contributed by atoms with van der Waals surface area (Å²) in [5.74, 6) is -1.53. The Morgan fingerprint density at radius 3 is 2.48 bits per heavy atom. The zero-order valence-corrected chi connectivity index (χ0v) is 11.8. The number of carboxylic acids is 1. The molecule has 0 aliphatic carbocycles. The molecule has 1 aromatic rings. The molecule has 0 aromatic heterocycles. The monoisotopic (exact) mass is 295 g/mol. The quantitative estimate of drug-likeness (QED) is 0.893. The van der Waals surface area contributed by atoms with Crippen molar-refractivity contribution in [2.45, 2.75) is 31.5 Å². The predicted molar refractivity (Wildman–Crippen MR) is 73.3 cm³/mol. The van der Waals surface area contributed by atoms with E-state index in [1.807, 2.05) is 0 Å². The molecule has 1 amide bonds. The number of benzene rings is 1. The van der Waals surface area contributed by atoms with E-state index in [-0.39, 0.29) is 11.7 Å². The molecule has 114 valence electrons. The van der Waals surface area contributed by atoms with Gasteiger partial charge in [0.2, 0.25) is 0 Å². The molecule has 1 saturated heterocycles. The molecule has 2 rings (SSSR count). The number of hydrogen-bond donors (Lipinski definition) is 1. The van der Waals surface area contributed by atoms with Gasteiger partial charge in [0.1, 0.15) is 11.9 Å². The number of halogens is 1. The van der Waals surface area contributed by atoms with Crippen molar-refractivity contribution >= 4 is 11.9 Å². The lowest BCUT2D eigenvalue weighted by Gasteiger charge is -2.21. The van der Waals surface area contributed by atoms with E-state index in [1.54, 1.807) is 19.2 Å². The van der Waals surface area contributed by atoms with Gasteiger partial charge in [-0.05, 0) is 37.0 Å². The predicted octanol–water partition coefficient (Wildman–Crippen LogP) is 1.46. The number of carbonyl (C=O) groups excluding carboxylic acids is 1. The molecule has 1 aliphatic heterocycles. The van der Waals surface area contributed by atoms with E-state index in [9.17, 15) is 14.0 Å². The van der Waals surface area contributed by atoms with Crippen LogP contribution >= 0.6 is 0 Å². The van der Waals surface area contributed by atoms with Crippen LogP contribution in [0.2, 0.25) is 0 Å². The largest absolute Gasteiger partial charge is 0.479 e. The fourth-order valence-electron chi connectivity index (χ4n) is 2.30. The zero-order chi connectivity index (χ0) is 15.4. The molecule has 0 bridgehead atoms. The van der Waals surface area contributed by atoms with Gasteiger partial charge in [0.05, 0.1) is 0 Å². The Morgan fingerprint density at radius 1 is 1.29 bits per heavy atom. The summed E-state index contributed by atoms with van der Waals surface area (Å²) in [5, 5.41) is 8.85. The highest BCUT2D eigenvalue weighted by molar-refractivity contribution is 5.82. The Balaban J connectivity index is 1.83. The fourth-order valence-corrected chi connectivity index (χ4v) is 2.30. The van der Waals surface area contributed by atoms with Crippen molar-refractivity contribution in [2.24, 2.45) is 0 Å². The Hall–Kier alpha value is -1.95. The van der Waals surface area contributed by atoms with Crippen LogP contribution in [0.25, 0.3) is 0 Å². The highest BCUT2D eigenvalue weighted by Gasteiger charge is 2.35. The van der Waals surface area contributed by atoms with Crippen molar-refractivity contribution in [3.63, 3.8) is 0 Å². The summed E-state index contributed by atoms with van der Waals surface area (Å²) < 4.78 is 18.0. The summed E-state index contributed by atoms with van der Waals surface area (Å²) in [6, 6.07) is 6.13. The minimum atomic E-state index is -1.03. The number of aliphatic carboxylic acids is 1. The van der Waals surface area contributed by atoms with Crippen molar-refractivity contribution in [1.29, 1.82) is 0 Å². The number of carbonyl (C=O) groups is 2. The first kappa shape index (κ1) is 15.4. The summed E-state index contributed by atoms with van der Waals surface area (Å²) >= 11 is 0. The summed E-state index contributed by atoms with van der Waals surface area (Å²) in [6.45, 7) is 0.474. The van der Waals surface area contributed by atoms with Crippen molar-refractivity contribution in [1.82, 2.24) is 4.90 Å². The van der Waals surface area contributed by atoms with Crippen molar-refractivity contribution < 1.29 is 23.8 Å². The molecular formula is C15H18FNO4. The van der Waals surface area contributed by atoms with Crippen LogP contribution in [0.4, 0.5) is 4.39 Å². The van der Waals surface area contributed by atoms with Gasteiger partial charge in [0.15, 0.2) is 6.10 Å². The van der Waals surface area contributed by atoms with Crippen LogP contribution in [0.1, 0.15) is 18.4 Å². The fraction of sp³-hybridized carbons (Fsp3) is 0.467. The van der Waals surface area contributed by atoms with E-state index < -0.39 is 18.2 Å². The molecule has 0 unspecified atom stereocenters. The highest BCUT2D eigenvalue weighted by Crippen LogP contribution is 2.21. The molecule has 21 heavy (non-hydrogen) atoms. The second-order valence-corrected chi connectivity index (χ2v) is 5.17. The van der Waals surface area contributed by atoms with E-state index in [0.717, 1.165) is 5.56 Å². The minimum absolute atomic E-state index is 0.208. The van der Waals surface area contributed by atoms with E-state index in [1.165, 1.54) is 17.0 Å². The van der Waals surface area contributed by atoms with Gasteiger partial charge < -0.3 is 14.7 Å². The van der Waals surface area contributed by atoms with E-state index in [0.29, 0.717) is 25.8 Å². The van der Waals surface area contributed by atoms with Gasteiger partial charge >= 0.3 is 5.97 Å². The number of amides is 1. The van der Waals surface area contributed by atoms with Crippen molar-refractivity contribution in [3.05, 3.63) is 35.6 Å². The van der Waals surface area contributed by atoms with E-state index >= 15 is 0 Å². The van der Waals surface area contributed by atoms with Gasteiger partial charge in [-0.2, -0.15) is 0 Å². The molecule has 2 atom stereocenters. The number of carboxylic acid groups (broad SMARTS) is 1. The lowest BCUT2D eigenvalue weighted by molar-refractivity contribution is -0.154. The smallest absolute Gasteiger partial charge is 0.332 e. The number of likely N-dealkylation sites (N-methyl/N-ethyl adjacent to an activating group) is 1. The van der Waals surface area contributed by atoms with Crippen LogP contribution in [-0.4, -0.2) is 47.7 Å². The Labute approximate surface area is 122 Å². The first-order valence-electron chi connectivity index (χ1n) is 6.85. The summed E-state index contributed by atoms with van der Waals surface area (Å²) in [4.78, 5) is 24.5. The first-order valence-corrected chi connectivity index (χ1v) is 6.85. The maximum atomic E-state index is 12.8. The maximum absolute atomic E-state index is 12.8. The molecule has 1 heterocycles. The maximum Gasteiger partial charge on any atom is 0.332 e. The van der Waals surface area contributed by atoms with Crippen LogP contribution in [0.5, 0.6) is 0 Å². The van der Waals surface area contributed by atoms with E-state index in [2.05, 4.69) is 0 Å². The second kappa shape index (κ2) is 6.67. The SMILES string of the molecule is CN(CCc1ccc(F)cc1)C(=O)[C@@H]1CC[C@H](C(=O)O)O1. The van der Waals surface area contributed by atoms with Crippen LogP contribution in [0.15, 0.2) is 24.3 Å². The van der Waals surface area contributed by atoms with Crippen LogP contribution in [0.3, 0.4) is 0 Å². The summed E-state index contributed by atoms with van der Waals surface area (Å²) in [7, 11) is 1.66. The van der Waals surface area contributed by atoms with Crippen LogP contribution in [-0.2, 0) is 20.7 Å². The zero-order valence-electron chi connectivity index (χ0n) is 11.8. The van der Waals surface area contributed by atoms with Crippen molar-refractivity contribution in [3.8, 4) is 0 Å². The Morgan fingerprint density at radius 2 is 1.90 bits per heavy atom. The molecule has 1 aromatic carbocycles. The van der Waals surface area contributed by atoms with E-state index in [4.69, 9.17) is 9.84 Å². The molecule has 1 fully saturated rings. The summed E-state index contributed by atoms with van der Waals surface area (Å²) in [6.07, 6.45) is -0.167. The van der Waals surface area contributed by atoms with Crippen LogP contribution < -0.4 is 0 Å². The molecule has 0 saturated carbocycles. The standard InChI is InChI=1S/C15H18FNO4/c1-17(9-8-10-2-4-11(16)5-3-10)14(18)12-6-7-13(21-12)15(19)20/h2-5,12-13H,6-9H2,1H3,(H,19,20)/t12-,13+/m0/s1. The third-order valence-corrected chi connectivity index (χ3v) is 3.60. The summed E-state index contributed by atoms with van der Waals surface area (Å²) in [5.41, 5.74) is 0.937. The third kappa shape index (κ3) is 4.01. The van der Waals surface area contributed by atoms with Gasteiger partial charge in [0, 0.05) is 13.6 Å². The molecule has 1 N–H and O–H groups in total. The van der Waals surface area contributed by atoms with Gasteiger partial charge in [-0.25, -0.2) is 9.18 Å². The lowest BCUT2D eigenvalue weighted by atomic mass is 10.1.